The third-order valence-electron chi connectivity index (χ3n) is 5.01. The lowest BCUT2D eigenvalue weighted by molar-refractivity contribution is 0.0976. The first-order chi connectivity index (χ1) is 13.3. The molecule has 0 atom stereocenters. The second kappa shape index (κ2) is 6.96. The number of carbonyl (C=O) groups excluding carboxylic acids is 1. The average Bonchev–Trinajstić information content (AvgIpc) is 3.12. The Morgan fingerprint density at radius 1 is 1.00 bits per heavy atom. The molecule has 1 aliphatic rings. The van der Waals surface area contributed by atoms with Crippen LogP contribution in [0.3, 0.4) is 0 Å². The predicted molar refractivity (Wildman–Crippen MR) is 107 cm³/mol. The number of hydrogen-bond donors (Lipinski definition) is 1. The highest BCUT2D eigenvalue weighted by Crippen LogP contribution is 2.27. The number of hydrogen-bond acceptors (Lipinski definition) is 5. The number of benzene rings is 2. The van der Waals surface area contributed by atoms with Crippen molar-refractivity contribution in [1.29, 1.82) is 0 Å². The molecule has 2 aromatic carbocycles. The second-order valence-corrected chi connectivity index (χ2v) is 8.84. The number of amides is 1. The van der Waals surface area contributed by atoms with Crippen molar-refractivity contribution in [3.05, 3.63) is 59.9 Å². The van der Waals surface area contributed by atoms with E-state index in [9.17, 15) is 13.2 Å². The van der Waals surface area contributed by atoms with Gasteiger partial charge in [0, 0.05) is 37.3 Å². The smallest absolute Gasteiger partial charge is 0.284 e. The number of sulfonamides is 1. The lowest BCUT2D eigenvalue weighted by Crippen LogP contribution is -2.48. The van der Waals surface area contributed by atoms with E-state index in [1.54, 1.807) is 24.3 Å². The minimum Gasteiger partial charge on any atom is -0.451 e. The van der Waals surface area contributed by atoms with Gasteiger partial charge in [-0.3, -0.25) is 4.79 Å². The summed E-state index contributed by atoms with van der Waals surface area (Å²) in [5, 5.41) is 0.793. The van der Waals surface area contributed by atoms with Gasteiger partial charge in [-0.1, -0.05) is 17.7 Å². The van der Waals surface area contributed by atoms with Gasteiger partial charge in [0.15, 0.2) is 5.76 Å². The third kappa shape index (κ3) is 3.36. The second-order valence-electron chi connectivity index (χ2n) is 6.90. The summed E-state index contributed by atoms with van der Waals surface area (Å²) in [4.78, 5) is 13.7. The number of nitrogens with zero attached hydrogens (tertiary/aromatic N) is 2. The van der Waals surface area contributed by atoms with E-state index in [1.165, 1.54) is 4.31 Å². The molecule has 28 heavy (non-hydrogen) atoms. The van der Waals surface area contributed by atoms with Gasteiger partial charge in [-0.25, -0.2) is 8.42 Å². The van der Waals surface area contributed by atoms with Crippen LogP contribution in [0.25, 0.3) is 11.0 Å². The van der Waals surface area contributed by atoms with Gasteiger partial charge >= 0.3 is 0 Å². The van der Waals surface area contributed by atoms with Crippen LogP contribution >= 0.6 is 0 Å². The molecule has 1 saturated heterocycles. The molecule has 0 unspecified atom stereocenters. The summed E-state index contributed by atoms with van der Waals surface area (Å²) in [5.74, 6) is -0.478. The maximum Gasteiger partial charge on any atom is 0.284 e. The van der Waals surface area contributed by atoms with Gasteiger partial charge in [-0.05, 0) is 43.3 Å². The van der Waals surface area contributed by atoms with Crippen molar-refractivity contribution in [3.63, 3.8) is 0 Å². The molecule has 3 aromatic rings. The zero-order valence-electron chi connectivity index (χ0n) is 15.5. The highest BCUT2D eigenvalue weighted by atomic mass is 32.2. The molecule has 1 aromatic heterocycles. The normalized spacial score (nSPS) is 15.8. The summed E-state index contributed by atoms with van der Waals surface area (Å²) in [6.45, 7) is 3.91. The zero-order valence-corrected chi connectivity index (χ0v) is 16.3. The van der Waals surface area contributed by atoms with Gasteiger partial charge in [0.25, 0.3) is 5.91 Å². The number of piperazine rings is 1. The molecule has 1 amide bonds. The van der Waals surface area contributed by atoms with Gasteiger partial charge in [-0.2, -0.15) is 4.31 Å². The highest BCUT2D eigenvalue weighted by molar-refractivity contribution is 7.89. The number of fused-ring (bicyclic) bond motifs is 1. The monoisotopic (exact) mass is 399 g/mol. The fourth-order valence-electron chi connectivity index (χ4n) is 3.39. The topological polar surface area (TPSA) is 96.8 Å². The Morgan fingerprint density at radius 3 is 2.32 bits per heavy atom. The van der Waals surface area contributed by atoms with Crippen molar-refractivity contribution in [2.24, 2.45) is 5.73 Å². The number of aryl methyl sites for hydroxylation is 1. The van der Waals surface area contributed by atoms with E-state index in [1.807, 2.05) is 31.2 Å². The van der Waals surface area contributed by atoms with Crippen molar-refractivity contribution in [3.8, 4) is 0 Å². The average molecular weight is 399 g/mol. The lowest BCUT2D eigenvalue weighted by Gasteiger charge is -2.35. The summed E-state index contributed by atoms with van der Waals surface area (Å²) in [5.41, 5.74) is 7.84. The van der Waals surface area contributed by atoms with Crippen molar-refractivity contribution < 1.29 is 17.6 Å². The summed E-state index contributed by atoms with van der Waals surface area (Å²) in [6, 6.07) is 14.2. The van der Waals surface area contributed by atoms with Crippen LogP contribution in [0, 0.1) is 6.92 Å². The van der Waals surface area contributed by atoms with Gasteiger partial charge in [-0.15, -0.1) is 0 Å². The van der Waals surface area contributed by atoms with Crippen molar-refractivity contribution in [2.45, 2.75) is 11.8 Å². The van der Waals surface area contributed by atoms with E-state index in [0.717, 1.165) is 16.6 Å². The number of rotatable bonds is 4. The molecule has 2 heterocycles. The quantitative estimate of drug-likeness (QED) is 0.726. The van der Waals surface area contributed by atoms with Crippen molar-refractivity contribution in [1.82, 2.24) is 4.31 Å². The zero-order chi connectivity index (χ0) is 19.9. The summed E-state index contributed by atoms with van der Waals surface area (Å²) in [7, 11) is -3.48. The number of furan rings is 1. The number of primary amides is 1. The molecule has 7 nitrogen and oxygen atoms in total. The Bertz CT molecular complexity index is 1130. The molecule has 4 rings (SSSR count). The van der Waals surface area contributed by atoms with E-state index in [4.69, 9.17) is 10.2 Å². The van der Waals surface area contributed by atoms with Gasteiger partial charge in [0.2, 0.25) is 10.0 Å². The number of carbonyl (C=O) groups is 1. The van der Waals surface area contributed by atoms with Crippen LogP contribution in [-0.4, -0.2) is 44.8 Å². The first-order valence-corrected chi connectivity index (χ1v) is 10.4. The standard InChI is InChI=1S/C20H21N3O4S/c1-14-2-5-17(6-3-14)28(25,26)23-10-8-22(9-11-23)16-4-7-18-15(12-16)13-19(27-18)20(21)24/h2-7,12-13H,8-11H2,1H3,(H2,21,24). The highest BCUT2D eigenvalue weighted by Gasteiger charge is 2.28. The first-order valence-electron chi connectivity index (χ1n) is 9.00. The van der Waals surface area contributed by atoms with Crippen LogP contribution in [0.5, 0.6) is 0 Å². The summed E-state index contributed by atoms with van der Waals surface area (Å²) < 4.78 is 32.6. The third-order valence-corrected chi connectivity index (χ3v) is 6.92. The molecule has 146 valence electrons. The predicted octanol–water partition coefficient (Wildman–Crippen LogP) is 2.35. The Hall–Kier alpha value is -2.84. The number of anilines is 1. The van der Waals surface area contributed by atoms with Crippen LogP contribution in [0.1, 0.15) is 16.1 Å². The van der Waals surface area contributed by atoms with Crippen molar-refractivity contribution >= 4 is 32.6 Å². The molecule has 0 radical (unpaired) electrons. The molecule has 0 bridgehead atoms. The fraction of sp³-hybridized carbons (Fsp3) is 0.250. The van der Waals surface area contributed by atoms with Crippen LogP contribution in [0.4, 0.5) is 5.69 Å². The molecule has 8 heteroatoms. The molecular weight excluding hydrogens is 378 g/mol. The molecule has 0 aliphatic carbocycles. The Labute approximate surface area is 163 Å². The SMILES string of the molecule is Cc1ccc(S(=O)(=O)N2CCN(c3ccc4oc(C(N)=O)cc4c3)CC2)cc1. The largest absolute Gasteiger partial charge is 0.451 e. The van der Waals surface area contributed by atoms with E-state index >= 15 is 0 Å². The van der Waals surface area contributed by atoms with E-state index in [2.05, 4.69) is 4.90 Å². The first kappa shape index (κ1) is 18.5. The van der Waals surface area contributed by atoms with E-state index in [-0.39, 0.29) is 5.76 Å². The van der Waals surface area contributed by atoms with Crippen LogP contribution in [-0.2, 0) is 10.0 Å². The molecule has 2 N–H and O–H groups in total. The molecule has 1 fully saturated rings. The minimum absolute atomic E-state index is 0.126. The Kier molecular flexibility index (Phi) is 4.60. The van der Waals surface area contributed by atoms with Gasteiger partial charge in [0.05, 0.1) is 4.90 Å². The number of nitrogens with two attached hydrogens (primary N) is 1. The van der Waals surface area contributed by atoms with E-state index in [0.29, 0.717) is 36.7 Å². The maximum atomic E-state index is 12.8. The lowest BCUT2D eigenvalue weighted by atomic mass is 10.2. The van der Waals surface area contributed by atoms with E-state index < -0.39 is 15.9 Å². The Balaban J connectivity index is 1.50. The van der Waals surface area contributed by atoms with Crippen LogP contribution < -0.4 is 10.6 Å². The maximum absolute atomic E-state index is 12.8. The Morgan fingerprint density at radius 2 is 1.68 bits per heavy atom. The summed E-state index contributed by atoms with van der Waals surface area (Å²) in [6.07, 6.45) is 0. The molecule has 1 aliphatic heterocycles. The van der Waals surface area contributed by atoms with Crippen LogP contribution in [0.15, 0.2) is 57.8 Å². The fourth-order valence-corrected chi connectivity index (χ4v) is 4.82. The molecule has 0 spiro atoms. The molecule has 0 saturated carbocycles. The molecular formula is C20H21N3O4S. The van der Waals surface area contributed by atoms with Crippen LogP contribution in [0.2, 0.25) is 0 Å². The summed E-state index contributed by atoms with van der Waals surface area (Å²) >= 11 is 0. The van der Waals surface area contributed by atoms with Gasteiger partial charge < -0.3 is 15.1 Å². The van der Waals surface area contributed by atoms with Gasteiger partial charge in [0.1, 0.15) is 5.58 Å². The minimum atomic E-state index is -3.48. The van der Waals surface area contributed by atoms with Crippen molar-refractivity contribution in [2.75, 3.05) is 31.1 Å².